The molecule has 2 aromatic heterocycles. The van der Waals surface area contributed by atoms with Gasteiger partial charge in [-0.15, -0.1) is 0 Å². The molecule has 0 bridgehead atoms. The quantitative estimate of drug-likeness (QED) is 0.598. The van der Waals surface area contributed by atoms with Crippen LogP contribution in [0.25, 0.3) is 22.4 Å². The molecule has 2 aliphatic rings. The second-order valence-electron chi connectivity index (χ2n) is 9.42. The molecule has 32 heavy (non-hydrogen) atoms. The lowest BCUT2D eigenvalue weighted by Crippen LogP contribution is -2.43. The Bertz CT molecular complexity index is 1140. The van der Waals surface area contributed by atoms with Gasteiger partial charge in [0, 0.05) is 23.9 Å². The Balaban J connectivity index is 1.62. The van der Waals surface area contributed by atoms with E-state index in [1.54, 1.807) is 12.3 Å². The number of nitrogens with zero attached hydrogens (tertiary/aromatic N) is 2. The van der Waals surface area contributed by atoms with E-state index in [1.807, 2.05) is 30.3 Å². The van der Waals surface area contributed by atoms with E-state index < -0.39 is 0 Å². The van der Waals surface area contributed by atoms with Crippen molar-refractivity contribution in [2.75, 3.05) is 0 Å². The lowest BCUT2D eigenvalue weighted by Gasteiger charge is -2.33. The van der Waals surface area contributed by atoms with E-state index in [0.717, 1.165) is 55.1 Å². The Morgan fingerprint density at radius 1 is 1.00 bits per heavy atom. The van der Waals surface area contributed by atoms with E-state index in [-0.39, 0.29) is 29.5 Å². The zero-order valence-corrected chi connectivity index (χ0v) is 18.6. The number of aromatic amines is 1. The Morgan fingerprint density at radius 3 is 2.47 bits per heavy atom. The molecule has 2 aliphatic carbocycles. The fourth-order valence-corrected chi connectivity index (χ4v) is 5.64. The van der Waals surface area contributed by atoms with Gasteiger partial charge < -0.3 is 14.9 Å². The maximum atomic E-state index is 13.9. The largest absolute Gasteiger partial charge is 0.352 e. The number of pyridine rings is 1. The molecule has 168 valence electrons. The summed E-state index contributed by atoms with van der Waals surface area (Å²) in [7, 11) is 0. The van der Waals surface area contributed by atoms with Gasteiger partial charge in [-0.25, -0.2) is 4.98 Å². The standard InChI is InChI=1S/C26H32N4O2/c31-23-17-19(15-16-27-23)25-29-21-13-7-8-14-22(21)30(25)24(18-9-3-1-4-10-18)26(32)28-20-11-5-2-6-12-20/h7-8,13-18,20,24H,1-6,9-12H2,(H,27,31)(H,28,32). The molecule has 0 aliphatic heterocycles. The summed E-state index contributed by atoms with van der Waals surface area (Å²) < 4.78 is 2.12. The number of fused-ring (bicyclic) bond motifs is 1. The van der Waals surface area contributed by atoms with Crippen LogP contribution < -0.4 is 10.9 Å². The van der Waals surface area contributed by atoms with Crippen LogP contribution in [0.3, 0.4) is 0 Å². The molecule has 2 heterocycles. The van der Waals surface area contributed by atoms with Crippen molar-refractivity contribution in [3.05, 3.63) is 52.9 Å². The van der Waals surface area contributed by atoms with E-state index in [0.29, 0.717) is 5.82 Å². The van der Waals surface area contributed by atoms with Crippen molar-refractivity contribution in [2.45, 2.75) is 76.3 Å². The number of benzene rings is 1. The summed E-state index contributed by atoms with van der Waals surface area (Å²) in [4.78, 5) is 33.6. The summed E-state index contributed by atoms with van der Waals surface area (Å²) in [5.74, 6) is 1.08. The normalized spacial score (nSPS) is 19.1. The van der Waals surface area contributed by atoms with E-state index in [4.69, 9.17) is 4.98 Å². The molecule has 1 unspecified atom stereocenters. The molecule has 2 N–H and O–H groups in total. The number of H-pyrrole nitrogens is 1. The number of carbonyl (C=O) groups excluding carboxylic acids is 1. The van der Waals surface area contributed by atoms with Gasteiger partial charge in [0.05, 0.1) is 11.0 Å². The van der Waals surface area contributed by atoms with Crippen LogP contribution in [0.1, 0.15) is 70.3 Å². The monoisotopic (exact) mass is 432 g/mol. The van der Waals surface area contributed by atoms with Crippen LogP contribution in [0, 0.1) is 5.92 Å². The van der Waals surface area contributed by atoms with Crippen molar-refractivity contribution in [1.29, 1.82) is 0 Å². The number of para-hydroxylation sites is 2. The highest BCUT2D eigenvalue weighted by molar-refractivity contribution is 5.87. The van der Waals surface area contributed by atoms with Crippen LogP contribution in [0.4, 0.5) is 0 Å². The van der Waals surface area contributed by atoms with Crippen molar-refractivity contribution in [1.82, 2.24) is 19.9 Å². The summed E-state index contributed by atoms with van der Waals surface area (Å²) in [5, 5.41) is 3.40. The average Bonchev–Trinajstić information content (AvgIpc) is 3.20. The summed E-state index contributed by atoms with van der Waals surface area (Å²) >= 11 is 0. The van der Waals surface area contributed by atoms with Gasteiger partial charge in [-0.1, -0.05) is 50.7 Å². The molecule has 1 amide bonds. The van der Waals surface area contributed by atoms with Gasteiger partial charge in [0.15, 0.2) is 0 Å². The smallest absolute Gasteiger partial charge is 0.248 e. The predicted octanol–water partition coefficient (Wildman–Crippen LogP) is 4.96. The van der Waals surface area contributed by atoms with Crippen LogP contribution in [0.15, 0.2) is 47.4 Å². The fourth-order valence-electron chi connectivity index (χ4n) is 5.64. The molecule has 3 aromatic rings. The molecule has 0 spiro atoms. The maximum absolute atomic E-state index is 13.9. The molecule has 0 radical (unpaired) electrons. The summed E-state index contributed by atoms with van der Waals surface area (Å²) in [5.41, 5.74) is 2.39. The van der Waals surface area contributed by atoms with Crippen LogP contribution in [-0.2, 0) is 4.79 Å². The van der Waals surface area contributed by atoms with Crippen molar-refractivity contribution in [2.24, 2.45) is 5.92 Å². The van der Waals surface area contributed by atoms with Gasteiger partial charge in [-0.3, -0.25) is 9.59 Å². The zero-order chi connectivity index (χ0) is 21.9. The Kier molecular flexibility index (Phi) is 6.10. The molecule has 6 nitrogen and oxygen atoms in total. The second-order valence-corrected chi connectivity index (χ2v) is 9.42. The van der Waals surface area contributed by atoms with Gasteiger partial charge in [0.1, 0.15) is 11.9 Å². The minimum Gasteiger partial charge on any atom is -0.352 e. The number of rotatable bonds is 5. The molecule has 5 rings (SSSR count). The summed E-state index contributed by atoms with van der Waals surface area (Å²) in [6.07, 6.45) is 13.1. The zero-order valence-electron chi connectivity index (χ0n) is 18.6. The minimum absolute atomic E-state index is 0.109. The third kappa shape index (κ3) is 4.23. The highest BCUT2D eigenvalue weighted by Crippen LogP contribution is 2.38. The number of imidazole rings is 1. The molecule has 2 fully saturated rings. The molecular formula is C26H32N4O2. The van der Waals surface area contributed by atoms with E-state index in [1.165, 1.54) is 25.7 Å². The topological polar surface area (TPSA) is 79.8 Å². The van der Waals surface area contributed by atoms with Crippen molar-refractivity contribution < 1.29 is 4.79 Å². The second kappa shape index (κ2) is 9.31. The first kappa shape index (κ1) is 21.0. The van der Waals surface area contributed by atoms with Crippen molar-refractivity contribution in [3.63, 3.8) is 0 Å². The lowest BCUT2D eigenvalue weighted by atomic mass is 9.82. The molecule has 1 atom stereocenters. The first-order chi connectivity index (χ1) is 15.7. The molecule has 6 heteroatoms. The number of hydrogen-bond donors (Lipinski definition) is 2. The number of carbonyl (C=O) groups is 1. The van der Waals surface area contributed by atoms with Crippen molar-refractivity contribution >= 4 is 16.9 Å². The van der Waals surface area contributed by atoms with Crippen molar-refractivity contribution in [3.8, 4) is 11.4 Å². The first-order valence-corrected chi connectivity index (χ1v) is 12.2. The number of amides is 1. The third-order valence-corrected chi connectivity index (χ3v) is 7.22. The first-order valence-electron chi connectivity index (χ1n) is 12.2. The maximum Gasteiger partial charge on any atom is 0.248 e. The molecule has 0 saturated heterocycles. The van der Waals surface area contributed by atoms with Gasteiger partial charge in [0.25, 0.3) is 0 Å². The predicted molar refractivity (Wildman–Crippen MR) is 126 cm³/mol. The van der Waals surface area contributed by atoms with E-state index in [2.05, 4.69) is 14.9 Å². The number of hydrogen-bond acceptors (Lipinski definition) is 3. The Labute approximate surface area is 188 Å². The summed E-state index contributed by atoms with van der Waals surface area (Å²) in [6, 6.07) is 11.4. The van der Waals surface area contributed by atoms with Crippen LogP contribution in [-0.4, -0.2) is 26.5 Å². The van der Waals surface area contributed by atoms with Gasteiger partial charge in [-0.05, 0) is 49.8 Å². The van der Waals surface area contributed by atoms with Gasteiger partial charge in [0.2, 0.25) is 11.5 Å². The highest BCUT2D eigenvalue weighted by Gasteiger charge is 2.35. The van der Waals surface area contributed by atoms with Crippen LogP contribution in [0.2, 0.25) is 0 Å². The Morgan fingerprint density at radius 2 is 1.72 bits per heavy atom. The minimum atomic E-state index is -0.320. The Hall–Kier alpha value is -2.89. The third-order valence-electron chi connectivity index (χ3n) is 7.22. The van der Waals surface area contributed by atoms with Gasteiger partial charge in [-0.2, -0.15) is 0 Å². The van der Waals surface area contributed by atoms with Gasteiger partial charge >= 0.3 is 0 Å². The summed E-state index contributed by atoms with van der Waals surface area (Å²) in [6.45, 7) is 0. The SMILES string of the molecule is O=C(NC1CCCCC1)C(C1CCCCC1)n1c(-c2cc[nH]c(=O)c2)nc2ccccc21. The average molecular weight is 433 g/mol. The van der Waals surface area contributed by atoms with E-state index in [9.17, 15) is 9.59 Å². The van der Waals surface area contributed by atoms with Crippen LogP contribution in [0.5, 0.6) is 0 Å². The molecular weight excluding hydrogens is 400 g/mol. The molecule has 2 saturated carbocycles. The van der Waals surface area contributed by atoms with E-state index >= 15 is 0 Å². The lowest BCUT2D eigenvalue weighted by molar-refractivity contribution is -0.127. The molecule has 1 aromatic carbocycles. The number of nitrogens with one attached hydrogen (secondary N) is 2. The highest BCUT2D eigenvalue weighted by atomic mass is 16.2. The van der Waals surface area contributed by atoms with Crippen LogP contribution >= 0.6 is 0 Å². The number of aromatic nitrogens is 3. The fraction of sp³-hybridized carbons (Fsp3) is 0.500.